The van der Waals surface area contributed by atoms with E-state index in [-0.39, 0.29) is 0 Å². The number of hydrogen-bond donors (Lipinski definition) is 0. The lowest BCUT2D eigenvalue weighted by atomic mass is 10.0. The Balaban J connectivity index is 1.90. The van der Waals surface area contributed by atoms with Gasteiger partial charge in [0.25, 0.3) is 0 Å². The summed E-state index contributed by atoms with van der Waals surface area (Å²) in [6.45, 7) is 0.540. The van der Waals surface area contributed by atoms with E-state index in [2.05, 4.69) is 4.98 Å². The van der Waals surface area contributed by atoms with Crippen LogP contribution in [0.3, 0.4) is 0 Å². The van der Waals surface area contributed by atoms with Gasteiger partial charge >= 0.3 is 6.18 Å². The standard InChI is InChI=1S/C17H16ClF3N2OS/c18-12-7-9-13(10-8-12)25(24)23-11-2-1-5-15(23)14-4-3-6-16(22-14)17(19,20)21/h3-4,6-10,15H,1-2,5,11H2. The summed E-state index contributed by atoms with van der Waals surface area (Å²) < 4.78 is 53.5. The van der Waals surface area contributed by atoms with Gasteiger partial charge in [0.05, 0.1) is 23.1 Å². The van der Waals surface area contributed by atoms with Crippen LogP contribution in [-0.4, -0.2) is 20.4 Å². The highest BCUT2D eigenvalue weighted by molar-refractivity contribution is 7.89. The molecule has 134 valence electrons. The van der Waals surface area contributed by atoms with Crippen molar-refractivity contribution >= 4 is 23.0 Å². The predicted octanol–water partition coefficient (Wildman–Crippen LogP) is 5.00. The highest BCUT2D eigenvalue weighted by Crippen LogP contribution is 2.36. The van der Waals surface area contributed by atoms with E-state index in [0.717, 1.165) is 18.9 Å². The first-order valence-electron chi connectivity index (χ1n) is 7.84. The summed E-state index contributed by atoms with van der Waals surface area (Å²) in [7, 11) is 0. The Kier molecular flexibility index (Phi) is 5.58. The average molecular weight is 389 g/mol. The van der Waals surface area contributed by atoms with Gasteiger partial charge < -0.3 is 4.55 Å². The van der Waals surface area contributed by atoms with E-state index < -0.39 is 29.3 Å². The van der Waals surface area contributed by atoms with Crippen molar-refractivity contribution in [2.45, 2.75) is 36.4 Å². The van der Waals surface area contributed by atoms with Crippen LogP contribution >= 0.6 is 11.6 Å². The second-order valence-electron chi connectivity index (χ2n) is 5.80. The van der Waals surface area contributed by atoms with Crippen molar-refractivity contribution in [1.29, 1.82) is 0 Å². The molecule has 2 heterocycles. The lowest BCUT2D eigenvalue weighted by Gasteiger charge is -2.34. The van der Waals surface area contributed by atoms with Crippen LogP contribution in [0.25, 0.3) is 0 Å². The Hall–Kier alpha value is -1.28. The topological polar surface area (TPSA) is 39.2 Å². The van der Waals surface area contributed by atoms with Gasteiger partial charge in [-0.1, -0.05) is 17.7 Å². The summed E-state index contributed by atoms with van der Waals surface area (Å²) in [5.41, 5.74) is -0.621. The summed E-state index contributed by atoms with van der Waals surface area (Å²) in [5, 5.41) is 0.537. The molecule has 8 heteroatoms. The zero-order chi connectivity index (χ0) is 18.0. The molecule has 1 aliphatic heterocycles. The van der Waals surface area contributed by atoms with E-state index in [1.807, 2.05) is 0 Å². The summed E-state index contributed by atoms with van der Waals surface area (Å²) in [6, 6.07) is 10.1. The summed E-state index contributed by atoms with van der Waals surface area (Å²) in [6.07, 6.45) is -2.18. The predicted molar refractivity (Wildman–Crippen MR) is 90.4 cm³/mol. The zero-order valence-corrected chi connectivity index (χ0v) is 14.7. The van der Waals surface area contributed by atoms with Crippen LogP contribution in [0.2, 0.25) is 5.02 Å². The lowest BCUT2D eigenvalue weighted by molar-refractivity contribution is -0.141. The quantitative estimate of drug-likeness (QED) is 0.694. The van der Waals surface area contributed by atoms with Gasteiger partial charge in [0.15, 0.2) is 4.90 Å². The summed E-state index contributed by atoms with van der Waals surface area (Å²) in [5.74, 6) is 0. The molecule has 3 nitrogen and oxygen atoms in total. The van der Waals surface area contributed by atoms with Crippen LogP contribution in [0.4, 0.5) is 13.2 Å². The molecular weight excluding hydrogens is 373 g/mol. The van der Waals surface area contributed by atoms with Crippen molar-refractivity contribution in [1.82, 2.24) is 9.29 Å². The van der Waals surface area contributed by atoms with Gasteiger partial charge in [0.2, 0.25) is 0 Å². The highest BCUT2D eigenvalue weighted by atomic mass is 35.5. The molecule has 2 aromatic rings. The molecule has 0 bridgehead atoms. The van der Waals surface area contributed by atoms with E-state index in [9.17, 15) is 17.7 Å². The molecule has 0 aliphatic carbocycles. The van der Waals surface area contributed by atoms with Crippen molar-refractivity contribution in [2.24, 2.45) is 0 Å². The molecule has 2 unspecified atom stereocenters. The minimum Gasteiger partial charge on any atom is -0.593 e. The average Bonchev–Trinajstić information content (AvgIpc) is 2.61. The third-order valence-electron chi connectivity index (χ3n) is 4.08. The highest BCUT2D eigenvalue weighted by Gasteiger charge is 2.37. The molecular formula is C17H16ClF3N2OS. The fourth-order valence-electron chi connectivity index (χ4n) is 2.88. The van der Waals surface area contributed by atoms with E-state index in [1.165, 1.54) is 6.07 Å². The van der Waals surface area contributed by atoms with Crippen LogP contribution in [0, 0.1) is 0 Å². The Labute approximate surface area is 152 Å². The Morgan fingerprint density at radius 3 is 2.52 bits per heavy atom. The van der Waals surface area contributed by atoms with Crippen molar-refractivity contribution in [3.8, 4) is 0 Å². The third kappa shape index (κ3) is 4.28. The molecule has 1 aliphatic rings. The molecule has 1 fully saturated rings. The number of rotatable bonds is 3. The van der Waals surface area contributed by atoms with Crippen LogP contribution in [-0.2, 0) is 17.5 Å². The van der Waals surface area contributed by atoms with Gasteiger partial charge in [-0.15, -0.1) is 4.31 Å². The maximum atomic E-state index is 12.9. The van der Waals surface area contributed by atoms with Crippen molar-refractivity contribution in [3.63, 3.8) is 0 Å². The molecule has 0 saturated carbocycles. The molecule has 0 N–H and O–H groups in total. The van der Waals surface area contributed by atoms with E-state index in [0.29, 0.717) is 28.6 Å². The second kappa shape index (κ2) is 7.53. The van der Waals surface area contributed by atoms with Crippen molar-refractivity contribution in [2.75, 3.05) is 6.54 Å². The van der Waals surface area contributed by atoms with E-state index >= 15 is 0 Å². The molecule has 1 aromatic carbocycles. The lowest BCUT2D eigenvalue weighted by Crippen LogP contribution is -2.39. The minimum atomic E-state index is -4.50. The largest absolute Gasteiger partial charge is 0.593 e. The van der Waals surface area contributed by atoms with Gasteiger partial charge in [0, 0.05) is 11.6 Å². The fraction of sp³-hybridized carbons (Fsp3) is 0.353. The summed E-state index contributed by atoms with van der Waals surface area (Å²) >= 11 is 4.37. The Morgan fingerprint density at radius 1 is 1.12 bits per heavy atom. The molecule has 0 radical (unpaired) electrons. The van der Waals surface area contributed by atoms with Crippen molar-refractivity contribution < 1.29 is 17.7 Å². The van der Waals surface area contributed by atoms with Gasteiger partial charge in [-0.25, -0.2) is 4.98 Å². The zero-order valence-electron chi connectivity index (χ0n) is 13.2. The Morgan fingerprint density at radius 2 is 1.84 bits per heavy atom. The van der Waals surface area contributed by atoms with Crippen LogP contribution in [0.15, 0.2) is 47.4 Å². The van der Waals surface area contributed by atoms with Crippen molar-refractivity contribution in [3.05, 3.63) is 58.9 Å². The van der Waals surface area contributed by atoms with Gasteiger partial charge in [-0.3, -0.25) is 0 Å². The maximum absolute atomic E-state index is 12.9. The number of alkyl halides is 3. The first kappa shape index (κ1) is 18.5. The SMILES string of the molecule is [O-][S+](c1ccc(Cl)cc1)N1CCCCC1c1cccc(C(F)(F)F)n1. The van der Waals surface area contributed by atoms with Crippen LogP contribution in [0.1, 0.15) is 36.7 Å². The normalized spacial score (nSPS) is 20.4. The van der Waals surface area contributed by atoms with E-state index in [4.69, 9.17) is 11.6 Å². The van der Waals surface area contributed by atoms with E-state index in [1.54, 1.807) is 34.6 Å². The van der Waals surface area contributed by atoms with Crippen LogP contribution in [0.5, 0.6) is 0 Å². The second-order valence-corrected chi connectivity index (χ2v) is 7.68. The number of piperidine rings is 1. The molecule has 1 saturated heterocycles. The molecule has 1 aromatic heterocycles. The van der Waals surface area contributed by atoms with Gasteiger partial charge in [0.1, 0.15) is 5.69 Å². The fourth-order valence-corrected chi connectivity index (χ4v) is 4.39. The molecule has 0 amide bonds. The molecule has 25 heavy (non-hydrogen) atoms. The molecule has 0 spiro atoms. The van der Waals surface area contributed by atoms with Gasteiger partial charge in [-0.2, -0.15) is 13.2 Å². The Bertz CT molecular complexity index is 727. The first-order valence-corrected chi connectivity index (χ1v) is 9.33. The number of hydrogen-bond acceptors (Lipinski definition) is 3. The van der Waals surface area contributed by atoms with Gasteiger partial charge in [-0.05, 0) is 55.7 Å². The number of halogens is 4. The monoisotopic (exact) mass is 388 g/mol. The minimum absolute atomic E-state index is 0.303. The number of nitrogens with zero attached hydrogens (tertiary/aromatic N) is 2. The first-order chi connectivity index (χ1) is 11.9. The smallest absolute Gasteiger partial charge is 0.433 e. The third-order valence-corrected chi connectivity index (χ3v) is 5.87. The van der Waals surface area contributed by atoms with Crippen LogP contribution < -0.4 is 0 Å². The number of aromatic nitrogens is 1. The molecule has 3 rings (SSSR count). The number of benzene rings is 1. The summed E-state index contributed by atoms with van der Waals surface area (Å²) in [4.78, 5) is 4.36. The number of pyridine rings is 1. The maximum Gasteiger partial charge on any atom is 0.433 e. The molecule has 2 atom stereocenters.